The van der Waals surface area contributed by atoms with Gasteiger partial charge in [0.05, 0.1) is 5.69 Å². The predicted molar refractivity (Wildman–Crippen MR) is 52.8 cm³/mol. The molecule has 0 bridgehead atoms. The highest BCUT2D eigenvalue weighted by Crippen LogP contribution is 2.10. The van der Waals surface area contributed by atoms with Crippen molar-refractivity contribution in [3.8, 4) is 0 Å². The summed E-state index contributed by atoms with van der Waals surface area (Å²) in [6.45, 7) is 2.12. The van der Waals surface area contributed by atoms with Gasteiger partial charge >= 0.3 is 0 Å². The molecule has 2 aromatic rings. The molecule has 0 unspecified atom stereocenters. The Balaban J connectivity index is 2.91. The molecule has 0 amide bonds. The lowest BCUT2D eigenvalue weighted by Gasteiger charge is -2.01. The van der Waals surface area contributed by atoms with E-state index in [1.807, 2.05) is 19.1 Å². The van der Waals surface area contributed by atoms with Gasteiger partial charge < -0.3 is 5.73 Å². The molecule has 72 valence electrons. The number of aromatic amines is 1. The van der Waals surface area contributed by atoms with Crippen LogP contribution in [-0.2, 0) is 6.54 Å². The van der Waals surface area contributed by atoms with Crippen LogP contribution in [-0.4, -0.2) is 15.2 Å². The van der Waals surface area contributed by atoms with Crippen molar-refractivity contribution in [2.45, 2.75) is 13.5 Å². The second-order valence-electron chi connectivity index (χ2n) is 3.05. The van der Waals surface area contributed by atoms with Crippen molar-refractivity contribution in [3.63, 3.8) is 0 Å². The first-order valence-corrected chi connectivity index (χ1v) is 4.27. The highest BCUT2D eigenvalue weighted by atomic mass is 16.1. The molecule has 2 aromatic heterocycles. The van der Waals surface area contributed by atoms with Crippen LogP contribution in [0.25, 0.3) is 10.9 Å². The summed E-state index contributed by atoms with van der Waals surface area (Å²) in [6, 6.07) is 3.66. The molecule has 14 heavy (non-hydrogen) atoms. The number of nitrogens with one attached hydrogen (secondary N) is 1. The predicted octanol–water partition coefficient (Wildman–Crippen LogP) is 0.0852. The van der Waals surface area contributed by atoms with Crippen molar-refractivity contribution in [2.75, 3.05) is 0 Å². The molecular weight excluding hydrogens is 180 g/mol. The largest absolute Gasteiger partial charge is 0.325 e. The van der Waals surface area contributed by atoms with Crippen molar-refractivity contribution in [1.82, 2.24) is 15.2 Å². The van der Waals surface area contributed by atoms with Gasteiger partial charge in [-0.2, -0.15) is 5.10 Å². The van der Waals surface area contributed by atoms with Gasteiger partial charge in [-0.25, -0.2) is 10.1 Å². The molecule has 0 saturated carbocycles. The first-order valence-electron chi connectivity index (χ1n) is 4.27. The zero-order valence-corrected chi connectivity index (χ0v) is 7.74. The highest BCUT2D eigenvalue weighted by molar-refractivity contribution is 5.79. The standard InChI is InChI=1S/C9H10N4O/c1-5-2-3-6-7(4-10)12-13-9(14)8(6)11-5/h2-3H,4,10H2,1H3,(H,13,14). The maximum absolute atomic E-state index is 11.4. The molecule has 2 heterocycles. The Hall–Kier alpha value is -1.75. The summed E-state index contributed by atoms with van der Waals surface area (Å²) in [5.41, 5.74) is 7.08. The molecule has 0 saturated heterocycles. The van der Waals surface area contributed by atoms with Gasteiger partial charge in [0.2, 0.25) is 0 Å². The van der Waals surface area contributed by atoms with Crippen molar-refractivity contribution in [2.24, 2.45) is 5.73 Å². The molecule has 0 aliphatic heterocycles. The summed E-state index contributed by atoms with van der Waals surface area (Å²) in [7, 11) is 0. The van der Waals surface area contributed by atoms with Gasteiger partial charge in [0, 0.05) is 17.6 Å². The second kappa shape index (κ2) is 3.19. The van der Waals surface area contributed by atoms with Crippen molar-refractivity contribution >= 4 is 10.9 Å². The Bertz CT molecular complexity index is 532. The number of rotatable bonds is 1. The van der Waals surface area contributed by atoms with Crippen LogP contribution in [0.5, 0.6) is 0 Å². The minimum Gasteiger partial charge on any atom is -0.325 e. The molecule has 0 aromatic carbocycles. The van der Waals surface area contributed by atoms with Gasteiger partial charge in [-0.1, -0.05) is 0 Å². The highest BCUT2D eigenvalue weighted by Gasteiger charge is 2.05. The summed E-state index contributed by atoms with van der Waals surface area (Å²) in [5, 5.41) is 6.95. The quantitative estimate of drug-likeness (QED) is 0.667. The fraction of sp³-hybridized carbons (Fsp3) is 0.222. The van der Waals surface area contributed by atoms with E-state index in [0.717, 1.165) is 11.1 Å². The number of pyridine rings is 1. The molecule has 0 spiro atoms. The van der Waals surface area contributed by atoms with Crippen LogP contribution in [0.4, 0.5) is 0 Å². The van der Waals surface area contributed by atoms with E-state index >= 15 is 0 Å². The summed E-state index contributed by atoms with van der Waals surface area (Å²) in [5.74, 6) is 0. The zero-order valence-electron chi connectivity index (χ0n) is 7.74. The molecule has 2 rings (SSSR count). The number of H-pyrrole nitrogens is 1. The molecule has 5 heteroatoms. The van der Waals surface area contributed by atoms with E-state index in [0.29, 0.717) is 11.2 Å². The van der Waals surface area contributed by atoms with Gasteiger partial charge in [-0.05, 0) is 19.1 Å². The maximum atomic E-state index is 11.4. The lowest BCUT2D eigenvalue weighted by Crippen LogP contribution is -2.14. The summed E-state index contributed by atoms with van der Waals surface area (Å²) in [6.07, 6.45) is 0. The van der Waals surface area contributed by atoms with Gasteiger partial charge in [0.25, 0.3) is 5.56 Å². The summed E-state index contributed by atoms with van der Waals surface area (Å²) >= 11 is 0. The Morgan fingerprint density at radius 1 is 1.50 bits per heavy atom. The van der Waals surface area contributed by atoms with Crippen LogP contribution in [0.2, 0.25) is 0 Å². The number of aryl methyl sites for hydroxylation is 1. The number of hydrogen-bond donors (Lipinski definition) is 2. The number of nitrogens with two attached hydrogens (primary N) is 1. The molecule has 0 fully saturated rings. The van der Waals surface area contributed by atoms with Crippen molar-refractivity contribution < 1.29 is 0 Å². The van der Waals surface area contributed by atoms with Gasteiger partial charge in [-0.15, -0.1) is 0 Å². The Labute approximate surface area is 80.0 Å². The third kappa shape index (κ3) is 1.27. The van der Waals surface area contributed by atoms with Crippen LogP contribution >= 0.6 is 0 Å². The van der Waals surface area contributed by atoms with Crippen LogP contribution < -0.4 is 11.3 Å². The number of aromatic nitrogens is 3. The van der Waals surface area contributed by atoms with E-state index < -0.39 is 0 Å². The lowest BCUT2D eigenvalue weighted by molar-refractivity contribution is 0.895. The van der Waals surface area contributed by atoms with Crippen LogP contribution in [0.1, 0.15) is 11.4 Å². The van der Waals surface area contributed by atoms with E-state index in [1.165, 1.54) is 0 Å². The molecular formula is C9H10N4O. The lowest BCUT2D eigenvalue weighted by atomic mass is 10.2. The van der Waals surface area contributed by atoms with Gasteiger partial charge in [-0.3, -0.25) is 4.79 Å². The molecule has 5 nitrogen and oxygen atoms in total. The van der Waals surface area contributed by atoms with E-state index in [2.05, 4.69) is 15.2 Å². The Morgan fingerprint density at radius 3 is 3.00 bits per heavy atom. The van der Waals surface area contributed by atoms with Gasteiger partial charge in [0.15, 0.2) is 0 Å². The maximum Gasteiger partial charge on any atom is 0.290 e. The fourth-order valence-corrected chi connectivity index (χ4v) is 1.35. The summed E-state index contributed by atoms with van der Waals surface area (Å²) in [4.78, 5) is 15.5. The van der Waals surface area contributed by atoms with E-state index in [1.54, 1.807) is 0 Å². The average molecular weight is 190 g/mol. The molecule has 0 aliphatic rings. The Kier molecular flexibility index (Phi) is 2.01. The fourth-order valence-electron chi connectivity index (χ4n) is 1.35. The van der Waals surface area contributed by atoms with E-state index in [-0.39, 0.29) is 12.1 Å². The molecule has 3 N–H and O–H groups in total. The monoisotopic (exact) mass is 190 g/mol. The van der Waals surface area contributed by atoms with E-state index in [4.69, 9.17) is 5.73 Å². The Morgan fingerprint density at radius 2 is 2.29 bits per heavy atom. The van der Waals surface area contributed by atoms with Crippen LogP contribution in [0, 0.1) is 6.92 Å². The smallest absolute Gasteiger partial charge is 0.290 e. The minimum atomic E-state index is -0.277. The molecule has 0 atom stereocenters. The molecule has 0 radical (unpaired) electrons. The number of nitrogens with zero attached hydrogens (tertiary/aromatic N) is 2. The first-order chi connectivity index (χ1) is 6.72. The SMILES string of the molecule is Cc1ccc2c(CN)n[nH]c(=O)c2n1. The van der Waals surface area contributed by atoms with E-state index in [9.17, 15) is 4.79 Å². The van der Waals surface area contributed by atoms with Crippen LogP contribution in [0.3, 0.4) is 0 Å². The minimum absolute atomic E-state index is 0.277. The average Bonchev–Trinajstić information content (AvgIpc) is 2.19. The topological polar surface area (TPSA) is 84.7 Å². The van der Waals surface area contributed by atoms with Crippen LogP contribution in [0.15, 0.2) is 16.9 Å². The summed E-state index contributed by atoms with van der Waals surface area (Å²) < 4.78 is 0. The third-order valence-corrected chi connectivity index (χ3v) is 2.05. The van der Waals surface area contributed by atoms with Crippen molar-refractivity contribution in [3.05, 3.63) is 33.9 Å². The number of hydrogen-bond acceptors (Lipinski definition) is 4. The van der Waals surface area contributed by atoms with Crippen molar-refractivity contribution in [1.29, 1.82) is 0 Å². The second-order valence-corrected chi connectivity index (χ2v) is 3.05. The molecule has 0 aliphatic carbocycles. The normalized spacial score (nSPS) is 10.7. The van der Waals surface area contributed by atoms with Gasteiger partial charge in [0.1, 0.15) is 5.52 Å². The number of fused-ring (bicyclic) bond motifs is 1. The first kappa shape index (κ1) is 8.83. The zero-order chi connectivity index (χ0) is 10.1. The third-order valence-electron chi connectivity index (χ3n) is 2.05.